The van der Waals surface area contributed by atoms with E-state index in [1.165, 1.54) is 12.1 Å². The van der Waals surface area contributed by atoms with Crippen molar-refractivity contribution in [2.75, 3.05) is 5.75 Å². The molecule has 0 radical (unpaired) electrons. The van der Waals surface area contributed by atoms with Gasteiger partial charge in [-0.25, -0.2) is 4.39 Å². The van der Waals surface area contributed by atoms with Gasteiger partial charge < -0.3 is 14.2 Å². The van der Waals surface area contributed by atoms with Crippen LogP contribution in [0.15, 0.2) is 71.6 Å². The zero-order chi connectivity index (χ0) is 22.3. The first-order chi connectivity index (χ1) is 15.6. The SMILES string of the molecule is O=C(CCCSc1ccc(Cl)cc1)OCc1cc(F)cc2c1O[C@H](c1ccccc1)OC2. The summed E-state index contributed by atoms with van der Waals surface area (Å²) in [5.41, 5.74) is 1.96. The monoisotopic (exact) mass is 472 g/mol. The molecule has 1 atom stereocenters. The molecule has 1 aliphatic heterocycles. The van der Waals surface area contributed by atoms with Gasteiger partial charge in [0, 0.05) is 33.0 Å². The van der Waals surface area contributed by atoms with Crippen LogP contribution in [0.3, 0.4) is 0 Å². The Morgan fingerprint density at radius 2 is 1.91 bits per heavy atom. The van der Waals surface area contributed by atoms with Crippen LogP contribution in [-0.2, 0) is 27.5 Å². The summed E-state index contributed by atoms with van der Waals surface area (Å²) in [5, 5.41) is 0.697. The minimum absolute atomic E-state index is 0.0508. The van der Waals surface area contributed by atoms with Crippen LogP contribution in [0.1, 0.15) is 35.8 Å². The third kappa shape index (κ3) is 6.03. The van der Waals surface area contributed by atoms with Crippen molar-refractivity contribution in [2.24, 2.45) is 0 Å². The molecule has 7 heteroatoms. The maximum atomic E-state index is 14.1. The molecule has 3 aromatic carbocycles. The topological polar surface area (TPSA) is 44.8 Å². The molecule has 4 rings (SSSR count). The van der Waals surface area contributed by atoms with Crippen molar-refractivity contribution in [3.63, 3.8) is 0 Å². The summed E-state index contributed by atoms with van der Waals surface area (Å²) in [7, 11) is 0. The fourth-order valence-electron chi connectivity index (χ4n) is 3.33. The van der Waals surface area contributed by atoms with Crippen LogP contribution in [0.5, 0.6) is 5.75 Å². The molecule has 0 fully saturated rings. The van der Waals surface area contributed by atoms with Gasteiger partial charge in [0.25, 0.3) is 0 Å². The Morgan fingerprint density at radius 3 is 2.69 bits per heavy atom. The average molecular weight is 473 g/mol. The zero-order valence-corrected chi connectivity index (χ0v) is 18.8. The number of rotatable bonds is 8. The highest BCUT2D eigenvalue weighted by atomic mass is 35.5. The van der Waals surface area contributed by atoms with Crippen LogP contribution in [0.4, 0.5) is 4.39 Å². The summed E-state index contributed by atoms with van der Waals surface area (Å²) in [6.45, 7) is 0.167. The number of benzene rings is 3. The number of fused-ring (bicyclic) bond motifs is 1. The molecule has 0 aliphatic carbocycles. The van der Waals surface area contributed by atoms with E-state index < -0.39 is 12.1 Å². The minimum Gasteiger partial charge on any atom is -0.461 e. The van der Waals surface area contributed by atoms with Gasteiger partial charge in [0.1, 0.15) is 18.2 Å². The fraction of sp³-hybridized carbons (Fsp3) is 0.240. The van der Waals surface area contributed by atoms with Crippen molar-refractivity contribution in [1.82, 2.24) is 0 Å². The second-order valence-corrected chi connectivity index (χ2v) is 8.90. The number of halogens is 2. The molecular weight excluding hydrogens is 451 g/mol. The second kappa shape index (κ2) is 10.9. The quantitative estimate of drug-likeness (QED) is 0.207. The van der Waals surface area contributed by atoms with E-state index in [4.69, 9.17) is 25.8 Å². The predicted octanol–water partition coefficient (Wildman–Crippen LogP) is 6.70. The smallest absolute Gasteiger partial charge is 0.306 e. The zero-order valence-electron chi connectivity index (χ0n) is 17.3. The maximum Gasteiger partial charge on any atom is 0.306 e. The van der Waals surface area contributed by atoms with E-state index >= 15 is 0 Å². The normalized spacial score (nSPS) is 15.0. The Bertz CT molecular complexity index is 1060. The lowest BCUT2D eigenvalue weighted by molar-refractivity contribution is -0.145. The molecule has 4 nitrogen and oxygen atoms in total. The highest BCUT2D eigenvalue weighted by Crippen LogP contribution is 2.36. The largest absolute Gasteiger partial charge is 0.461 e. The highest BCUT2D eigenvalue weighted by Gasteiger charge is 2.25. The second-order valence-electron chi connectivity index (χ2n) is 7.29. The summed E-state index contributed by atoms with van der Waals surface area (Å²) < 4.78 is 31.2. The molecule has 0 saturated carbocycles. The number of carbonyl (C=O) groups excluding carboxylic acids is 1. The number of ether oxygens (including phenoxy) is 3. The van der Waals surface area contributed by atoms with Crippen molar-refractivity contribution in [3.8, 4) is 5.75 Å². The summed E-state index contributed by atoms with van der Waals surface area (Å²) in [6.07, 6.45) is 0.371. The Labute approximate surface area is 195 Å². The number of carbonyl (C=O) groups is 1. The van der Waals surface area contributed by atoms with Crippen molar-refractivity contribution in [2.45, 2.75) is 37.2 Å². The third-order valence-corrected chi connectivity index (χ3v) is 6.24. The van der Waals surface area contributed by atoms with Crippen molar-refractivity contribution in [3.05, 3.63) is 94.3 Å². The number of hydrogen-bond acceptors (Lipinski definition) is 5. The van der Waals surface area contributed by atoms with Crippen molar-refractivity contribution < 1.29 is 23.4 Å². The molecule has 0 amide bonds. The van der Waals surface area contributed by atoms with Gasteiger partial charge in [-0.2, -0.15) is 0 Å². The molecule has 0 N–H and O–H groups in total. The lowest BCUT2D eigenvalue weighted by Crippen LogP contribution is -2.20. The van der Waals surface area contributed by atoms with Gasteiger partial charge in [0.05, 0.1) is 6.61 Å². The maximum absolute atomic E-state index is 14.1. The molecular formula is C25H22ClFO4S. The van der Waals surface area contributed by atoms with Crippen LogP contribution in [0.25, 0.3) is 0 Å². The predicted molar refractivity (Wildman–Crippen MR) is 122 cm³/mol. The first-order valence-electron chi connectivity index (χ1n) is 10.3. The van der Waals surface area contributed by atoms with Crippen LogP contribution in [-0.4, -0.2) is 11.7 Å². The number of esters is 1. The van der Waals surface area contributed by atoms with Gasteiger partial charge in [-0.3, -0.25) is 4.79 Å². The molecule has 0 saturated heterocycles. The lowest BCUT2D eigenvalue weighted by atomic mass is 10.1. The molecule has 0 bridgehead atoms. The Balaban J connectivity index is 1.31. The van der Waals surface area contributed by atoms with Gasteiger partial charge in [0.15, 0.2) is 0 Å². The third-order valence-electron chi connectivity index (χ3n) is 4.89. The van der Waals surface area contributed by atoms with Crippen LogP contribution < -0.4 is 4.74 Å². The van der Waals surface area contributed by atoms with Gasteiger partial charge in [-0.15, -0.1) is 11.8 Å². The fourth-order valence-corrected chi connectivity index (χ4v) is 4.31. The van der Waals surface area contributed by atoms with Gasteiger partial charge >= 0.3 is 5.97 Å². The lowest BCUT2D eigenvalue weighted by Gasteiger charge is -2.28. The minimum atomic E-state index is -0.589. The first-order valence-corrected chi connectivity index (χ1v) is 11.6. The molecule has 1 aliphatic rings. The Morgan fingerprint density at radius 1 is 1.12 bits per heavy atom. The summed E-state index contributed by atoms with van der Waals surface area (Å²) in [5.74, 6) is 0.550. The van der Waals surface area contributed by atoms with E-state index in [1.807, 2.05) is 54.6 Å². The van der Waals surface area contributed by atoms with Crippen molar-refractivity contribution in [1.29, 1.82) is 0 Å². The number of hydrogen-bond donors (Lipinski definition) is 0. The molecule has 32 heavy (non-hydrogen) atoms. The van der Waals surface area contributed by atoms with E-state index in [2.05, 4.69) is 0 Å². The standard InChI is InChI=1S/C25H22ClFO4S/c26-20-8-10-22(11-9-20)32-12-4-7-23(28)29-15-18-13-21(27)14-19-16-30-25(31-24(18)19)17-5-2-1-3-6-17/h1-3,5-6,8-11,13-14,25H,4,7,12,15-16H2/t25-/m1/s1. The molecule has 1 heterocycles. The number of thioether (sulfide) groups is 1. The van der Waals surface area contributed by atoms with E-state index in [-0.39, 0.29) is 25.6 Å². The molecule has 166 valence electrons. The van der Waals surface area contributed by atoms with E-state index in [0.29, 0.717) is 28.3 Å². The van der Waals surface area contributed by atoms with E-state index in [1.54, 1.807) is 11.8 Å². The molecule has 0 unspecified atom stereocenters. The summed E-state index contributed by atoms with van der Waals surface area (Å²) in [4.78, 5) is 13.3. The highest BCUT2D eigenvalue weighted by molar-refractivity contribution is 7.99. The Kier molecular flexibility index (Phi) is 7.68. The van der Waals surface area contributed by atoms with Gasteiger partial charge in [-0.05, 0) is 48.6 Å². The molecule has 3 aromatic rings. The summed E-state index contributed by atoms with van der Waals surface area (Å²) in [6, 6.07) is 19.8. The van der Waals surface area contributed by atoms with Gasteiger partial charge in [-0.1, -0.05) is 41.9 Å². The van der Waals surface area contributed by atoms with E-state index in [0.717, 1.165) is 16.2 Å². The first kappa shape index (κ1) is 22.6. The van der Waals surface area contributed by atoms with Crippen LogP contribution in [0.2, 0.25) is 5.02 Å². The van der Waals surface area contributed by atoms with Gasteiger partial charge in [0.2, 0.25) is 6.29 Å². The molecule has 0 spiro atoms. The van der Waals surface area contributed by atoms with Crippen LogP contribution >= 0.6 is 23.4 Å². The average Bonchev–Trinajstić information content (AvgIpc) is 2.81. The van der Waals surface area contributed by atoms with Crippen molar-refractivity contribution >= 4 is 29.3 Å². The van der Waals surface area contributed by atoms with Crippen LogP contribution in [0, 0.1) is 5.82 Å². The van der Waals surface area contributed by atoms with E-state index in [9.17, 15) is 9.18 Å². The summed E-state index contributed by atoms with van der Waals surface area (Å²) >= 11 is 7.54. The molecule has 0 aromatic heterocycles. The Hall–Kier alpha value is -2.54.